The third-order valence-corrected chi connectivity index (χ3v) is 3.09. The Labute approximate surface area is 100 Å². The van der Waals surface area contributed by atoms with Gasteiger partial charge in [0.15, 0.2) is 0 Å². The van der Waals surface area contributed by atoms with Gasteiger partial charge in [-0.3, -0.25) is 0 Å². The highest BCUT2D eigenvalue weighted by molar-refractivity contribution is 9.10. The summed E-state index contributed by atoms with van der Waals surface area (Å²) in [7, 11) is 1.69. The zero-order valence-corrected chi connectivity index (χ0v) is 11.1. The van der Waals surface area contributed by atoms with Crippen LogP contribution in [0.25, 0.3) is 0 Å². The summed E-state index contributed by atoms with van der Waals surface area (Å²) in [4.78, 5) is 0. The van der Waals surface area contributed by atoms with E-state index in [0.29, 0.717) is 6.04 Å². The minimum Gasteiger partial charge on any atom is -0.497 e. The SMILES string of the molecule is CCCNC(C)c1cc(OC)ccc1Br. The molecule has 0 fully saturated rings. The summed E-state index contributed by atoms with van der Waals surface area (Å²) in [5.41, 5.74) is 1.24. The number of halogens is 1. The lowest BCUT2D eigenvalue weighted by molar-refractivity contribution is 0.413. The third kappa shape index (κ3) is 3.50. The maximum absolute atomic E-state index is 5.22. The second-order valence-corrected chi connectivity index (χ2v) is 4.42. The summed E-state index contributed by atoms with van der Waals surface area (Å²) in [6.07, 6.45) is 1.14. The first-order chi connectivity index (χ1) is 7.19. The van der Waals surface area contributed by atoms with E-state index in [1.165, 1.54) is 5.56 Å². The molecule has 0 aliphatic carbocycles. The molecule has 15 heavy (non-hydrogen) atoms. The van der Waals surface area contributed by atoms with Gasteiger partial charge in [0, 0.05) is 10.5 Å². The molecular weight excluding hydrogens is 254 g/mol. The highest BCUT2D eigenvalue weighted by Gasteiger charge is 2.09. The number of rotatable bonds is 5. The van der Waals surface area contributed by atoms with Crippen molar-refractivity contribution in [2.75, 3.05) is 13.7 Å². The van der Waals surface area contributed by atoms with Crippen molar-refractivity contribution < 1.29 is 4.74 Å². The molecule has 0 amide bonds. The van der Waals surface area contributed by atoms with Gasteiger partial charge in [-0.1, -0.05) is 22.9 Å². The molecule has 0 saturated heterocycles. The lowest BCUT2D eigenvalue weighted by atomic mass is 10.1. The first-order valence-corrected chi connectivity index (χ1v) is 6.05. The van der Waals surface area contributed by atoms with Crippen LogP contribution in [0.5, 0.6) is 5.75 Å². The standard InChI is InChI=1S/C12H18BrNO/c1-4-7-14-9(2)11-8-10(15-3)5-6-12(11)13/h5-6,8-9,14H,4,7H2,1-3H3. The van der Waals surface area contributed by atoms with Gasteiger partial charge in [0.2, 0.25) is 0 Å². The fourth-order valence-corrected chi connectivity index (χ4v) is 2.04. The van der Waals surface area contributed by atoms with Crippen molar-refractivity contribution in [3.05, 3.63) is 28.2 Å². The van der Waals surface area contributed by atoms with E-state index in [-0.39, 0.29) is 0 Å². The van der Waals surface area contributed by atoms with Gasteiger partial charge in [0.1, 0.15) is 5.75 Å². The summed E-state index contributed by atoms with van der Waals surface area (Å²) in [5, 5.41) is 3.46. The predicted molar refractivity (Wildman–Crippen MR) is 67.4 cm³/mol. The van der Waals surface area contributed by atoms with Gasteiger partial charge >= 0.3 is 0 Å². The van der Waals surface area contributed by atoms with Crippen molar-refractivity contribution in [1.29, 1.82) is 0 Å². The average Bonchev–Trinajstić information content (AvgIpc) is 2.26. The number of ether oxygens (including phenoxy) is 1. The van der Waals surface area contributed by atoms with Crippen LogP contribution in [-0.2, 0) is 0 Å². The van der Waals surface area contributed by atoms with Crippen LogP contribution >= 0.6 is 15.9 Å². The average molecular weight is 272 g/mol. The topological polar surface area (TPSA) is 21.3 Å². The Morgan fingerprint density at radius 1 is 1.47 bits per heavy atom. The molecular formula is C12H18BrNO. The van der Waals surface area contributed by atoms with Gasteiger partial charge in [-0.15, -0.1) is 0 Å². The summed E-state index contributed by atoms with van der Waals surface area (Å²) < 4.78 is 6.34. The fourth-order valence-electron chi connectivity index (χ4n) is 1.45. The predicted octanol–water partition coefficient (Wildman–Crippen LogP) is 3.52. The van der Waals surface area contributed by atoms with E-state index in [0.717, 1.165) is 23.2 Å². The van der Waals surface area contributed by atoms with Crippen LogP contribution in [0.2, 0.25) is 0 Å². The summed E-state index contributed by atoms with van der Waals surface area (Å²) in [6, 6.07) is 6.39. The Kier molecular flexibility index (Phi) is 5.12. The Morgan fingerprint density at radius 2 is 2.20 bits per heavy atom. The molecule has 3 heteroatoms. The Balaban J connectivity index is 2.81. The van der Waals surface area contributed by atoms with Crippen molar-refractivity contribution in [1.82, 2.24) is 5.32 Å². The van der Waals surface area contributed by atoms with Crippen molar-refractivity contribution in [3.8, 4) is 5.75 Å². The second-order valence-electron chi connectivity index (χ2n) is 3.56. The summed E-state index contributed by atoms with van der Waals surface area (Å²) in [5.74, 6) is 0.901. The molecule has 0 saturated carbocycles. The highest BCUT2D eigenvalue weighted by atomic mass is 79.9. The molecule has 1 N–H and O–H groups in total. The van der Waals surface area contributed by atoms with Crippen molar-refractivity contribution >= 4 is 15.9 Å². The molecule has 0 bridgehead atoms. The van der Waals surface area contributed by atoms with Crippen molar-refractivity contribution in [2.24, 2.45) is 0 Å². The normalized spacial score (nSPS) is 12.5. The lowest BCUT2D eigenvalue weighted by Gasteiger charge is -2.16. The number of nitrogens with one attached hydrogen (secondary N) is 1. The minimum atomic E-state index is 0.342. The van der Waals surface area contributed by atoms with Crippen LogP contribution in [0.3, 0.4) is 0 Å². The van der Waals surface area contributed by atoms with Crippen molar-refractivity contribution in [2.45, 2.75) is 26.3 Å². The maximum atomic E-state index is 5.22. The van der Waals surface area contributed by atoms with Crippen LogP contribution < -0.4 is 10.1 Å². The molecule has 1 atom stereocenters. The Morgan fingerprint density at radius 3 is 2.80 bits per heavy atom. The zero-order valence-electron chi connectivity index (χ0n) is 9.51. The molecule has 0 heterocycles. The van der Waals surface area contributed by atoms with Crippen LogP contribution in [-0.4, -0.2) is 13.7 Å². The monoisotopic (exact) mass is 271 g/mol. The van der Waals surface area contributed by atoms with Gasteiger partial charge in [-0.05, 0) is 43.7 Å². The molecule has 1 aromatic carbocycles. The first kappa shape index (κ1) is 12.5. The number of hydrogen-bond acceptors (Lipinski definition) is 2. The third-order valence-electron chi connectivity index (χ3n) is 2.37. The number of methoxy groups -OCH3 is 1. The number of benzene rings is 1. The van der Waals surface area contributed by atoms with Gasteiger partial charge < -0.3 is 10.1 Å². The smallest absolute Gasteiger partial charge is 0.119 e. The molecule has 1 unspecified atom stereocenters. The second kappa shape index (κ2) is 6.13. The quantitative estimate of drug-likeness (QED) is 0.885. The van der Waals surface area contributed by atoms with E-state index in [4.69, 9.17) is 4.74 Å². The largest absolute Gasteiger partial charge is 0.497 e. The molecule has 0 aliphatic rings. The Bertz CT molecular complexity index is 314. The van der Waals surface area contributed by atoms with Crippen LogP contribution in [0.1, 0.15) is 31.9 Å². The van der Waals surface area contributed by atoms with E-state index in [1.807, 2.05) is 12.1 Å². The first-order valence-electron chi connectivity index (χ1n) is 5.25. The minimum absolute atomic E-state index is 0.342. The molecule has 0 aliphatic heterocycles. The highest BCUT2D eigenvalue weighted by Crippen LogP contribution is 2.27. The van der Waals surface area contributed by atoms with Crippen LogP contribution in [0.4, 0.5) is 0 Å². The summed E-state index contributed by atoms with van der Waals surface area (Å²) in [6.45, 7) is 5.36. The molecule has 1 aromatic rings. The van der Waals surface area contributed by atoms with E-state index in [1.54, 1.807) is 7.11 Å². The molecule has 84 valence electrons. The van der Waals surface area contributed by atoms with E-state index >= 15 is 0 Å². The maximum Gasteiger partial charge on any atom is 0.119 e. The number of hydrogen-bond donors (Lipinski definition) is 1. The van der Waals surface area contributed by atoms with E-state index in [2.05, 4.69) is 41.2 Å². The lowest BCUT2D eigenvalue weighted by Crippen LogP contribution is -2.19. The van der Waals surface area contributed by atoms with E-state index in [9.17, 15) is 0 Å². The fraction of sp³-hybridized carbons (Fsp3) is 0.500. The van der Waals surface area contributed by atoms with Crippen LogP contribution in [0, 0.1) is 0 Å². The summed E-state index contributed by atoms with van der Waals surface area (Å²) >= 11 is 3.56. The van der Waals surface area contributed by atoms with Gasteiger partial charge in [-0.25, -0.2) is 0 Å². The van der Waals surface area contributed by atoms with Crippen molar-refractivity contribution in [3.63, 3.8) is 0 Å². The molecule has 0 aromatic heterocycles. The zero-order chi connectivity index (χ0) is 11.3. The molecule has 0 radical (unpaired) electrons. The molecule has 2 nitrogen and oxygen atoms in total. The van der Waals surface area contributed by atoms with E-state index < -0.39 is 0 Å². The van der Waals surface area contributed by atoms with Gasteiger partial charge in [0.05, 0.1) is 7.11 Å². The molecule has 0 spiro atoms. The van der Waals surface area contributed by atoms with Crippen LogP contribution in [0.15, 0.2) is 22.7 Å². The van der Waals surface area contributed by atoms with Gasteiger partial charge in [0.25, 0.3) is 0 Å². The molecule has 1 rings (SSSR count). The Hall–Kier alpha value is -0.540. The van der Waals surface area contributed by atoms with Gasteiger partial charge in [-0.2, -0.15) is 0 Å².